The van der Waals surface area contributed by atoms with Crippen LogP contribution in [0.1, 0.15) is 22.3 Å². The molecule has 0 aliphatic heterocycles. The number of carboxylic acids is 1. The topological polar surface area (TPSA) is 91.6 Å². The molecule has 7 heteroatoms. The second-order valence-electron chi connectivity index (χ2n) is 5.43. The number of carbonyl (C=O) groups is 2. The van der Waals surface area contributed by atoms with Crippen LogP contribution in [0.3, 0.4) is 0 Å². The summed E-state index contributed by atoms with van der Waals surface area (Å²) in [4.78, 5) is 22.9. The van der Waals surface area contributed by atoms with Crippen molar-refractivity contribution in [2.75, 3.05) is 20.7 Å². The molecule has 2 aromatic carbocycles. The van der Waals surface area contributed by atoms with E-state index in [0.717, 1.165) is 0 Å². The molecule has 0 bridgehead atoms. The maximum absolute atomic E-state index is 12.5. The third-order valence-corrected chi connectivity index (χ3v) is 3.17. The smallest absolute Gasteiger partial charge is 0.306 e. The molecule has 0 amide bonds. The summed E-state index contributed by atoms with van der Waals surface area (Å²) in [5.74, 6) is -0.509. The number of rotatable bonds is 8. The van der Waals surface area contributed by atoms with E-state index in [9.17, 15) is 9.59 Å². The number of hydrogen-bond acceptors (Lipinski definition) is 5. The quantitative estimate of drug-likeness (QED) is 0.452. The van der Waals surface area contributed by atoms with Gasteiger partial charge < -0.3 is 9.84 Å². The third-order valence-electron chi connectivity index (χ3n) is 3.17. The predicted octanol–water partition coefficient (Wildman–Crippen LogP) is 3.33. The lowest BCUT2D eigenvalue weighted by molar-refractivity contribution is -0.137. The molecule has 0 aliphatic rings. The minimum Gasteiger partial charge on any atom is -0.493 e. The van der Waals surface area contributed by atoms with Crippen LogP contribution in [0.15, 0.2) is 58.9 Å². The number of aliphatic carboxylic acids is 1. The van der Waals surface area contributed by atoms with Gasteiger partial charge in [0.2, 0.25) is 0 Å². The van der Waals surface area contributed by atoms with Crippen LogP contribution in [0.4, 0.5) is 5.69 Å². The van der Waals surface area contributed by atoms with Gasteiger partial charge in [0.25, 0.3) is 0 Å². The van der Waals surface area contributed by atoms with E-state index in [1.165, 1.54) is 0 Å². The highest BCUT2D eigenvalue weighted by molar-refractivity contribution is 6.09. The van der Waals surface area contributed by atoms with Gasteiger partial charge >= 0.3 is 5.97 Å². The van der Waals surface area contributed by atoms with Crippen molar-refractivity contribution in [2.45, 2.75) is 6.42 Å². The Bertz CT molecular complexity index is 753. The van der Waals surface area contributed by atoms with Crippen LogP contribution in [-0.2, 0) is 4.79 Å². The molecule has 0 fully saturated rings. The van der Waals surface area contributed by atoms with Gasteiger partial charge in [0.15, 0.2) is 5.78 Å². The number of ketones is 1. The van der Waals surface area contributed by atoms with E-state index in [1.54, 1.807) is 67.6 Å². The summed E-state index contributed by atoms with van der Waals surface area (Å²) in [6.45, 7) is 0.0889. The SMILES string of the molecule is CN(C)N=Nc1ccc(C(=O)c2ccc(OCCC(=O)O)cc2)cc1. The second kappa shape index (κ2) is 8.58. The summed E-state index contributed by atoms with van der Waals surface area (Å²) in [7, 11) is 3.55. The molecule has 0 aromatic heterocycles. The second-order valence-corrected chi connectivity index (χ2v) is 5.43. The number of hydrogen-bond donors (Lipinski definition) is 1. The normalized spacial score (nSPS) is 10.6. The average molecular weight is 341 g/mol. The lowest BCUT2D eigenvalue weighted by Crippen LogP contribution is -2.05. The molecule has 0 aliphatic carbocycles. The van der Waals surface area contributed by atoms with E-state index in [0.29, 0.717) is 22.6 Å². The van der Waals surface area contributed by atoms with Gasteiger partial charge in [-0.05, 0) is 48.5 Å². The number of benzene rings is 2. The van der Waals surface area contributed by atoms with Crippen LogP contribution in [0, 0.1) is 0 Å². The van der Waals surface area contributed by atoms with Gasteiger partial charge in [0.1, 0.15) is 5.75 Å². The molecule has 2 aromatic rings. The first-order valence-corrected chi connectivity index (χ1v) is 7.64. The molecule has 130 valence electrons. The van der Waals surface area contributed by atoms with Crippen LogP contribution >= 0.6 is 0 Å². The molecule has 0 saturated carbocycles. The summed E-state index contributed by atoms with van der Waals surface area (Å²) in [6.07, 6.45) is -0.0712. The van der Waals surface area contributed by atoms with E-state index >= 15 is 0 Å². The fourth-order valence-corrected chi connectivity index (χ4v) is 1.95. The van der Waals surface area contributed by atoms with Gasteiger partial charge in [-0.1, -0.05) is 5.22 Å². The van der Waals surface area contributed by atoms with Crippen molar-refractivity contribution in [3.63, 3.8) is 0 Å². The minimum atomic E-state index is -0.916. The average Bonchev–Trinajstić information content (AvgIpc) is 2.60. The minimum absolute atomic E-state index is 0.0712. The maximum Gasteiger partial charge on any atom is 0.306 e. The zero-order valence-corrected chi connectivity index (χ0v) is 14.0. The summed E-state index contributed by atoms with van der Waals surface area (Å²) in [5.41, 5.74) is 1.73. The van der Waals surface area contributed by atoms with Crippen molar-refractivity contribution in [1.29, 1.82) is 0 Å². The molecule has 25 heavy (non-hydrogen) atoms. The first-order chi connectivity index (χ1) is 12.0. The van der Waals surface area contributed by atoms with Gasteiger partial charge in [-0.15, -0.1) is 5.11 Å². The Balaban J connectivity index is 2.01. The van der Waals surface area contributed by atoms with Crippen LogP contribution in [0.5, 0.6) is 5.75 Å². The van der Waals surface area contributed by atoms with Crippen LogP contribution in [0.25, 0.3) is 0 Å². The summed E-state index contributed by atoms with van der Waals surface area (Å²) in [6, 6.07) is 13.4. The van der Waals surface area contributed by atoms with Crippen molar-refractivity contribution in [3.05, 3.63) is 59.7 Å². The van der Waals surface area contributed by atoms with Crippen molar-refractivity contribution in [1.82, 2.24) is 5.01 Å². The summed E-state index contributed by atoms with van der Waals surface area (Å²) < 4.78 is 5.30. The van der Waals surface area contributed by atoms with Gasteiger partial charge in [-0.3, -0.25) is 14.6 Å². The number of carbonyl (C=O) groups excluding carboxylic acids is 1. The molecule has 1 N–H and O–H groups in total. The Kier molecular flexibility index (Phi) is 6.22. The Morgan fingerprint density at radius 1 is 1.00 bits per heavy atom. The summed E-state index contributed by atoms with van der Waals surface area (Å²) in [5, 5.41) is 18.1. The van der Waals surface area contributed by atoms with E-state index in [4.69, 9.17) is 9.84 Å². The monoisotopic (exact) mass is 341 g/mol. The highest BCUT2D eigenvalue weighted by Gasteiger charge is 2.09. The molecule has 2 rings (SSSR count). The van der Waals surface area contributed by atoms with Gasteiger partial charge in [-0.2, -0.15) is 0 Å². The third kappa shape index (κ3) is 5.72. The molecule has 0 heterocycles. The largest absolute Gasteiger partial charge is 0.493 e. The van der Waals surface area contributed by atoms with E-state index in [1.807, 2.05) is 0 Å². The Morgan fingerprint density at radius 3 is 2.08 bits per heavy atom. The predicted molar refractivity (Wildman–Crippen MR) is 92.3 cm³/mol. The Morgan fingerprint density at radius 2 is 1.56 bits per heavy atom. The first-order valence-electron chi connectivity index (χ1n) is 7.64. The van der Waals surface area contributed by atoms with E-state index in [-0.39, 0.29) is 18.8 Å². The van der Waals surface area contributed by atoms with Crippen LogP contribution in [0.2, 0.25) is 0 Å². The Labute approximate surface area is 145 Å². The number of carboxylic acid groups (broad SMARTS) is 1. The molecule has 0 atom stereocenters. The highest BCUT2D eigenvalue weighted by atomic mass is 16.5. The van der Waals surface area contributed by atoms with E-state index in [2.05, 4.69) is 10.3 Å². The first kappa shape index (κ1) is 18.1. The molecular formula is C18H19N3O4. The van der Waals surface area contributed by atoms with Crippen molar-refractivity contribution in [3.8, 4) is 5.75 Å². The zero-order valence-electron chi connectivity index (χ0n) is 14.0. The fraction of sp³-hybridized carbons (Fsp3) is 0.222. The van der Waals surface area contributed by atoms with Gasteiger partial charge in [-0.25, -0.2) is 0 Å². The molecule has 0 spiro atoms. The highest BCUT2D eigenvalue weighted by Crippen LogP contribution is 2.18. The lowest BCUT2D eigenvalue weighted by atomic mass is 10.0. The molecule has 0 saturated heterocycles. The molecule has 7 nitrogen and oxygen atoms in total. The van der Waals surface area contributed by atoms with E-state index < -0.39 is 5.97 Å². The number of nitrogens with zero attached hydrogens (tertiary/aromatic N) is 3. The molecule has 0 radical (unpaired) electrons. The molecular weight excluding hydrogens is 322 g/mol. The van der Waals surface area contributed by atoms with Crippen LogP contribution in [-0.4, -0.2) is 42.6 Å². The number of ether oxygens (including phenoxy) is 1. The van der Waals surface area contributed by atoms with Crippen molar-refractivity contribution >= 4 is 17.4 Å². The van der Waals surface area contributed by atoms with Crippen LogP contribution < -0.4 is 4.74 Å². The molecule has 0 unspecified atom stereocenters. The standard InChI is InChI=1S/C18H19N3O4/c1-21(2)20-19-15-7-3-13(4-8-15)18(24)14-5-9-16(10-6-14)25-12-11-17(22)23/h3-10H,11-12H2,1-2H3,(H,22,23). The Hall–Kier alpha value is -3.22. The maximum atomic E-state index is 12.5. The lowest BCUT2D eigenvalue weighted by Gasteiger charge is -2.06. The fourth-order valence-electron chi connectivity index (χ4n) is 1.95. The van der Waals surface area contributed by atoms with Crippen molar-refractivity contribution in [2.24, 2.45) is 10.3 Å². The summed E-state index contributed by atoms with van der Waals surface area (Å²) >= 11 is 0. The van der Waals surface area contributed by atoms with Gasteiger partial charge in [0.05, 0.1) is 18.7 Å². The van der Waals surface area contributed by atoms with Crippen molar-refractivity contribution < 1.29 is 19.4 Å². The zero-order chi connectivity index (χ0) is 18.2. The van der Waals surface area contributed by atoms with Gasteiger partial charge in [0, 0.05) is 25.2 Å².